The van der Waals surface area contributed by atoms with Crippen molar-refractivity contribution >= 4 is 11.6 Å². The number of pyridine rings is 1. The monoisotopic (exact) mass is 465 g/mol. The van der Waals surface area contributed by atoms with Crippen molar-refractivity contribution in [1.29, 1.82) is 0 Å². The molecule has 1 unspecified atom stereocenters. The molecule has 1 aliphatic heterocycles. The van der Waals surface area contributed by atoms with Crippen molar-refractivity contribution in [2.24, 2.45) is 28.6 Å². The summed E-state index contributed by atoms with van der Waals surface area (Å²) in [5.41, 5.74) is -0.521. The lowest BCUT2D eigenvalue weighted by molar-refractivity contribution is -0.201. The Hall–Kier alpha value is -2.19. The Morgan fingerprint density at radius 3 is 2.76 bits per heavy atom. The molecule has 0 amide bonds. The summed E-state index contributed by atoms with van der Waals surface area (Å²) in [5.74, 6) is -0.187. The molecular weight excluding hydrogens is 434 g/mol. The van der Waals surface area contributed by atoms with E-state index in [1.807, 2.05) is 13.0 Å². The molecule has 180 valence electrons. The van der Waals surface area contributed by atoms with Crippen molar-refractivity contribution in [3.63, 3.8) is 0 Å². The second-order valence-electron chi connectivity index (χ2n) is 11.1. The van der Waals surface area contributed by atoms with Gasteiger partial charge >= 0.3 is 0 Å². The molecule has 5 aliphatic rings. The van der Waals surface area contributed by atoms with Crippen LogP contribution in [0, 0.1) is 28.6 Å². The lowest BCUT2D eigenvalue weighted by Crippen LogP contribution is -2.63. The molecule has 2 heterocycles. The lowest BCUT2D eigenvalue weighted by atomic mass is 9.46. The van der Waals surface area contributed by atoms with Crippen molar-refractivity contribution in [1.82, 2.24) is 4.98 Å². The zero-order valence-corrected chi connectivity index (χ0v) is 19.5. The molecule has 0 aromatic carbocycles. The first-order valence-corrected chi connectivity index (χ1v) is 12.2. The van der Waals surface area contributed by atoms with Crippen LogP contribution in [0.5, 0.6) is 0 Å². The summed E-state index contributed by atoms with van der Waals surface area (Å²) < 4.78 is 12.9. The Bertz CT molecular complexity index is 1100. The van der Waals surface area contributed by atoms with Crippen LogP contribution in [0.4, 0.5) is 0 Å². The molecule has 7 nitrogen and oxygen atoms in total. The van der Waals surface area contributed by atoms with Crippen LogP contribution >= 0.6 is 0 Å². The molecule has 4 fully saturated rings. The number of aliphatic hydroxyl groups excluding tert-OH is 2. The van der Waals surface area contributed by atoms with Gasteiger partial charge in [0.15, 0.2) is 23.5 Å². The van der Waals surface area contributed by atoms with E-state index in [-0.39, 0.29) is 34.7 Å². The summed E-state index contributed by atoms with van der Waals surface area (Å²) in [7, 11) is 0. The van der Waals surface area contributed by atoms with Gasteiger partial charge in [-0.3, -0.25) is 14.6 Å². The van der Waals surface area contributed by atoms with Gasteiger partial charge in [-0.05, 0) is 61.8 Å². The number of aliphatic hydroxyl groups is 2. The Morgan fingerprint density at radius 1 is 1.26 bits per heavy atom. The molecule has 1 saturated heterocycles. The van der Waals surface area contributed by atoms with E-state index in [2.05, 4.69) is 11.9 Å². The van der Waals surface area contributed by atoms with Crippen LogP contribution in [0.3, 0.4) is 0 Å². The molecule has 7 heteroatoms. The average molecular weight is 466 g/mol. The molecule has 0 bridgehead atoms. The molecule has 34 heavy (non-hydrogen) atoms. The molecule has 1 aromatic heterocycles. The van der Waals surface area contributed by atoms with E-state index < -0.39 is 36.1 Å². The Morgan fingerprint density at radius 2 is 2.03 bits per heavy atom. The number of hydrogen-bond acceptors (Lipinski definition) is 7. The van der Waals surface area contributed by atoms with Crippen LogP contribution in [0.15, 0.2) is 48.3 Å². The molecule has 3 saturated carbocycles. The van der Waals surface area contributed by atoms with Crippen LogP contribution in [-0.2, 0) is 19.1 Å². The number of nitrogens with zero attached hydrogens (tertiary/aromatic N) is 1. The minimum Gasteiger partial charge on any atom is -0.393 e. The lowest BCUT2D eigenvalue weighted by Gasteiger charge is -2.59. The van der Waals surface area contributed by atoms with Gasteiger partial charge in [0.05, 0.1) is 12.2 Å². The van der Waals surface area contributed by atoms with Crippen LogP contribution in [0.25, 0.3) is 0 Å². The van der Waals surface area contributed by atoms with Gasteiger partial charge in [0.25, 0.3) is 0 Å². The second kappa shape index (κ2) is 7.40. The van der Waals surface area contributed by atoms with E-state index in [1.54, 1.807) is 36.7 Å². The van der Waals surface area contributed by atoms with Crippen molar-refractivity contribution in [2.75, 3.05) is 6.61 Å². The smallest absolute Gasteiger partial charge is 0.193 e. The molecule has 1 aromatic rings. The number of rotatable bonds is 3. The number of hydrogen-bond donors (Lipinski definition) is 2. The molecule has 0 spiro atoms. The number of fused-ring (bicyclic) bond motifs is 7. The van der Waals surface area contributed by atoms with Gasteiger partial charge in [-0.2, -0.15) is 0 Å². The number of Topliss-reactive ketones (excluding diaryl/α,β-unsaturated/α-hetero) is 1. The van der Waals surface area contributed by atoms with Gasteiger partial charge in [0, 0.05) is 34.7 Å². The zero-order chi connectivity index (χ0) is 23.9. The number of ether oxygens (including phenoxy) is 2. The van der Waals surface area contributed by atoms with E-state index in [1.165, 1.54) is 0 Å². The molecule has 2 N–H and O–H groups in total. The van der Waals surface area contributed by atoms with Gasteiger partial charge in [0.1, 0.15) is 6.61 Å². The third kappa shape index (κ3) is 2.70. The van der Waals surface area contributed by atoms with Gasteiger partial charge < -0.3 is 19.7 Å². The first-order valence-electron chi connectivity index (χ1n) is 12.2. The summed E-state index contributed by atoms with van der Waals surface area (Å²) in [4.78, 5) is 29.5. The fourth-order valence-electron chi connectivity index (χ4n) is 8.35. The molecule has 9 atom stereocenters. The number of carbonyl (C=O) groups is 2. The minimum absolute atomic E-state index is 0.00732. The fraction of sp³-hybridized carbons (Fsp3) is 0.593. The standard InChI is InChI=1S/C27H31NO6/c1-25-8-5-17(30)11-16(25)3-4-18-19-12-22-27(21(32)14-29,26(19,2)13-20(31)23(18)25)34-24(33-22)15-6-9-28-10-7-15/h5-11,18-20,22-24,29,31H,3-4,12-14H2,1-2H3/t18-,19-,20-,22+,23+,24?,25-,26-,27+/m0/s1. The Kier molecular flexibility index (Phi) is 4.85. The van der Waals surface area contributed by atoms with E-state index in [4.69, 9.17) is 9.47 Å². The summed E-state index contributed by atoms with van der Waals surface area (Å²) in [6.07, 6.45) is 9.40. The fourth-order valence-corrected chi connectivity index (χ4v) is 8.35. The van der Waals surface area contributed by atoms with Crippen molar-refractivity contribution in [3.05, 3.63) is 53.9 Å². The summed E-state index contributed by atoms with van der Waals surface area (Å²) in [6, 6.07) is 3.61. The number of carbonyl (C=O) groups excluding carboxylic acids is 2. The SMILES string of the molecule is C[C@]12C=CC(=O)C=C1CC[C@@H]1[C@@H]2[C@@H](O)C[C@@]2(C)[C@H]1C[C@H]1OC(c3ccncc3)O[C@]12C(=O)CO. The maximum atomic E-state index is 13.4. The predicted octanol–water partition coefficient (Wildman–Crippen LogP) is 2.68. The van der Waals surface area contributed by atoms with Crippen LogP contribution < -0.4 is 0 Å². The van der Waals surface area contributed by atoms with E-state index >= 15 is 0 Å². The second-order valence-corrected chi connectivity index (χ2v) is 11.1. The van der Waals surface area contributed by atoms with Gasteiger partial charge in [-0.15, -0.1) is 0 Å². The summed E-state index contributed by atoms with van der Waals surface area (Å²) in [5, 5.41) is 21.6. The first kappa shape index (κ1) is 22.3. The van der Waals surface area contributed by atoms with E-state index in [0.29, 0.717) is 12.8 Å². The Labute approximate surface area is 198 Å². The number of aromatic nitrogens is 1. The maximum Gasteiger partial charge on any atom is 0.193 e. The quantitative estimate of drug-likeness (QED) is 0.707. The number of allylic oxidation sites excluding steroid dienone is 4. The first-order chi connectivity index (χ1) is 16.2. The highest BCUT2D eigenvalue weighted by Crippen LogP contribution is 2.70. The van der Waals surface area contributed by atoms with Crippen LogP contribution in [-0.4, -0.2) is 51.2 Å². The van der Waals surface area contributed by atoms with Gasteiger partial charge in [0.2, 0.25) is 0 Å². The molecule has 6 rings (SSSR count). The van der Waals surface area contributed by atoms with Crippen molar-refractivity contribution < 1.29 is 29.3 Å². The third-order valence-corrected chi connectivity index (χ3v) is 9.77. The number of ketones is 2. The largest absolute Gasteiger partial charge is 0.393 e. The van der Waals surface area contributed by atoms with Gasteiger partial charge in [-0.1, -0.05) is 25.5 Å². The van der Waals surface area contributed by atoms with Crippen molar-refractivity contribution in [3.8, 4) is 0 Å². The van der Waals surface area contributed by atoms with Gasteiger partial charge in [-0.25, -0.2) is 0 Å². The van der Waals surface area contributed by atoms with E-state index in [9.17, 15) is 19.8 Å². The molecular formula is C27H31NO6. The topological polar surface area (TPSA) is 106 Å². The Balaban J connectivity index is 1.41. The zero-order valence-electron chi connectivity index (χ0n) is 19.5. The van der Waals surface area contributed by atoms with E-state index in [0.717, 1.165) is 24.0 Å². The van der Waals surface area contributed by atoms with Crippen molar-refractivity contribution in [2.45, 2.75) is 63.6 Å². The minimum atomic E-state index is -1.32. The predicted molar refractivity (Wildman–Crippen MR) is 121 cm³/mol. The highest BCUT2D eigenvalue weighted by Gasteiger charge is 2.75. The normalized spacial score (nSPS) is 46.8. The molecule has 0 radical (unpaired) electrons. The highest BCUT2D eigenvalue weighted by molar-refractivity contribution is 6.01. The summed E-state index contributed by atoms with van der Waals surface area (Å²) >= 11 is 0. The highest BCUT2D eigenvalue weighted by atomic mass is 16.7. The maximum absolute atomic E-state index is 13.4. The van der Waals surface area contributed by atoms with Crippen LogP contribution in [0.1, 0.15) is 51.4 Å². The average Bonchev–Trinajstić information content (AvgIpc) is 3.32. The third-order valence-electron chi connectivity index (χ3n) is 9.77. The molecule has 4 aliphatic carbocycles. The van der Waals surface area contributed by atoms with Crippen LogP contribution in [0.2, 0.25) is 0 Å². The summed E-state index contributed by atoms with van der Waals surface area (Å²) in [6.45, 7) is 3.53.